The lowest BCUT2D eigenvalue weighted by Crippen LogP contribution is -2.03. The molecule has 0 bridgehead atoms. The largest absolute Gasteiger partial charge is 0.432 e. The van der Waals surface area contributed by atoms with E-state index in [9.17, 15) is 13.2 Å². The second kappa shape index (κ2) is 10.3. The Morgan fingerprint density at radius 3 is 2.29 bits per heavy atom. The number of halogens is 4. The van der Waals surface area contributed by atoms with Crippen molar-refractivity contribution >= 4 is 10.8 Å². The highest BCUT2D eigenvalue weighted by Gasteiger charge is 2.14. The van der Waals surface area contributed by atoms with Crippen LogP contribution < -0.4 is 4.74 Å². The van der Waals surface area contributed by atoms with Gasteiger partial charge in [-0.15, -0.1) is 6.58 Å². The molecule has 4 aromatic carbocycles. The monoisotopic (exact) mass is 460 g/mol. The highest BCUT2D eigenvalue weighted by molar-refractivity contribution is 5.89. The van der Waals surface area contributed by atoms with Gasteiger partial charge in [-0.3, -0.25) is 0 Å². The van der Waals surface area contributed by atoms with E-state index >= 15 is 4.39 Å². The van der Waals surface area contributed by atoms with Crippen LogP contribution in [-0.2, 0) is 6.42 Å². The Bertz CT molecular complexity index is 1400. The number of hydrogen-bond acceptors (Lipinski definition) is 1. The Hall–Kier alpha value is -4.04. The molecule has 0 saturated heterocycles. The van der Waals surface area contributed by atoms with Gasteiger partial charge in [-0.2, -0.15) is 8.78 Å². The summed E-state index contributed by atoms with van der Waals surface area (Å²) in [6.07, 6.45) is 3.75. The van der Waals surface area contributed by atoms with Gasteiger partial charge in [0.2, 0.25) is 0 Å². The van der Waals surface area contributed by atoms with E-state index in [-0.39, 0.29) is 11.1 Å². The first-order chi connectivity index (χ1) is 16.4. The zero-order chi connectivity index (χ0) is 24.1. The van der Waals surface area contributed by atoms with E-state index in [1.807, 2.05) is 30.3 Å². The van der Waals surface area contributed by atoms with Gasteiger partial charge in [0.25, 0.3) is 0 Å². The smallest absolute Gasteiger partial charge is 0.387 e. The van der Waals surface area contributed by atoms with Crippen LogP contribution >= 0.6 is 0 Å². The number of benzene rings is 4. The molecule has 0 amide bonds. The predicted molar refractivity (Wildman–Crippen MR) is 127 cm³/mol. The Morgan fingerprint density at radius 2 is 1.59 bits per heavy atom. The summed E-state index contributed by atoms with van der Waals surface area (Å²) in [5.74, 6) is 4.10. The molecule has 0 aliphatic heterocycles. The molecule has 4 aromatic rings. The van der Waals surface area contributed by atoms with Gasteiger partial charge in [0.15, 0.2) is 11.6 Å². The molecule has 0 aliphatic rings. The van der Waals surface area contributed by atoms with Crippen molar-refractivity contribution in [2.45, 2.75) is 19.5 Å². The maximum absolute atomic E-state index is 15.2. The molecule has 0 unspecified atom stereocenters. The molecule has 0 aliphatic carbocycles. The van der Waals surface area contributed by atoms with Crippen molar-refractivity contribution in [1.82, 2.24) is 0 Å². The van der Waals surface area contributed by atoms with Crippen LogP contribution in [0, 0.1) is 23.5 Å². The lowest BCUT2D eigenvalue weighted by Gasteiger charge is -2.10. The fourth-order valence-electron chi connectivity index (χ4n) is 3.62. The van der Waals surface area contributed by atoms with Crippen LogP contribution in [0.25, 0.3) is 21.9 Å². The van der Waals surface area contributed by atoms with E-state index in [0.29, 0.717) is 10.8 Å². The van der Waals surface area contributed by atoms with E-state index in [1.165, 1.54) is 17.7 Å². The fraction of sp³-hybridized carbons (Fsp3) is 0.103. The summed E-state index contributed by atoms with van der Waals surface area (Å²) in [5.41, 5.74) is 3.21. The number of aryl methyl sites for hydroxylation is 1. The number of allylic oxidation sites excluding steroid dienone is 1. The summed E-state index contributed by atoms with van der Waals surface area (Å²) < 4.78 is 58.1. The molecule has 5 heteroatoms. The molecule has 0 atom stereocenters. The Morgan fingerprint density at radius 1 is 0.853 bits per heavy atom. The van der Waals surface area contributed by atoms with E-state index in [2.05, 4.69) is 23.2 Å². The number of alkyl halides is 2. The fourth-order valence-corrected chi connectivity index (χ4v) is 3.62. The van der Waals surface area contributed by atoms with Gasteiger partial charge >= 0.3 is 6.61 Å². The SMILES string of the molecule is C=CCCc1ccc(C#Cc2ccc3c(F)c(-c4ccc(OC(F)F)c(F)c4)ccc3c2)cc1. The van der Waals surface area contributed by atoms with Crippen LogP contribution in [0.2, 0.25) is 0 Å². The molecule has 4 rings (SSSR count). The third-order valence-electron chi connectivity index (χ3n) is 5.36. The van der Waals surface area contributed by atoms with Gasteiger partial charge in [-0.1, -0.05) is 54.3 Å². The Balaban J connectivity index is 1.59. The molecule has 170 valence electrons. The maximum Gasteiger partial charge on any atom is 0.387 e. The Labute approximate surface area is 195 Å². The molecule has 0 heterocycles. The summed E-state index contributed by atoms with van der Waals surface area (Å²) in [6.45, 7) is 0.588. The standard InChI is InChI=1S/C29H20F4O/c1-2-3-4-19-5-7-20(8-6-19)9-10-21-11-14-24-22(17-21)12-15-25(28(24)31)23-13-16-27(26(30)18-23)34-29(32)33/h2,5-8,11-18,29H,1,3-4H2. The van der Waals surface area contributed by atoms with Gasteiger partial charge in [-0.25, -0.2) is 8.78 Å². The summed E-state index contributed by atoms with van der Waals surface area (Å²) >= 11 is 0. The van der Waals surface area contributed by atoms with E-state index < -0.39 is 24.0 Å². The van der Waals surface area contributed by atoms with Crippen LogP contribution in [0.1, 0.15) is 23.1 Å². The molecule has 0 N–H and O–H groups in total. The quantitative estimate of drug-likeness (QED) is 0.161. The molecular formula is C29H20F4O. The molecule has 0 fully saturated rings. The van der Waals surface area contributed by atoms with Gasteiger partial charge in [0.1, 0.15) is 5.82 Å². The summed E-state index contributed by atoms with van der Waals surface area (Å²) in [5, 5.41) is 0.994. The second-order valence-electron chi connectivity index (χ2n) is 7.66. The van der Waals surface area contributed by atoms with Gasteiger partial charge in [0.05, 0.1) is 0 Å². The van der Waals surface area contributed by atoms with Crippen molar-refractivity contribution in [2.24, 2.45) is 0 Å². The lowest BCUT2D eigenvalue weighted by atomic mass is 9.98. The average molecular weight is 460 g/mol. The van der Waals surface area contributed by atoms with Crippen LogP contribution in [-0.4, -0.2) is 6.61 Å². The average Bonchev–Trinajstić information content (AvgIpc) is 2.83. The molecule has 0 aromatic heterocycles. The van der Waals surface area contributed by atoms with Crippen molar-refractivity contribution in [3.05, 3.63) is 114 Å². The van der Waals surface area contributed by atoms with Crippen molar-refractivity contribution in [2.75, 3.05) is 0 Å². The van der Waals surface area contributed by atoms with Crippen LogP contribution in [0.15, 0.2) is 85.5 Å². The van der Waals surface area contributed by atoms with Crippen molar-refractivity contribution in [1.29, 1.82) is 0 Å². The molecule has 34 heavy (non-hydrogen) atoms. The molecule has 0 spiro atoms. The first-order valence-corrected chi connectivity index (χ1v) is 10.6. The van der Waals surface area contributed by atoms with Crippen LogP contribution in [0.5, 0.6) is 5.75 Å². The molecule has 1 nitrogen and oxygen atoms in total. The predicted octanol–water partition coefficient (Wildman–Crippen LogP) is 7.90. The third-order valence-corrected chi connectivity index (χ3v) is 5.36. The second-order valence-corrected chi connectivity index (χ2v) is 7.66. The summed E-state index contributed by atoms with van der Waals surface area (Å²) in [6, 6.07) is 19.8. The lowest BCUT2D eigenvalue weighted by molar-refractivity contribution is -0.0521. The van der Waals surface area contributed by atoms with Gasteiger partial charge in [0, 0.05) is 22.1 Å². The van der Waals surface area contributed by atoms with Crippen molar-refractivity contribution < 1.29 is 22.3 Å². The highest BCUT2D eigenvalue weighted by atomic mass is 19.3. The topological polar surface area (TPSA) is 9.23 Å². The molecular weight excluding hydrogens is 440 g/mol. The summed E-state index contributed by atoms with van der Waals surface area (Å²) in [7, 11) is 0. The van der Waals surface area contributed by atoms with Crippen LogP contribution in [0.4, 0.5) is 17.6 Å². The highest BCUT2D eigenvalue weighted by Crippen LogP contribution is 2.32. The van der Waals surface area contributed by atoms with E-state index in [4.69, 9.17) is 0 Å². The van der Waals surface area contributed by atoms with Crippen molar-refractivity contribution in [3.63, 3.8) is 0 Å². The number of rotatable bonds is 6. The number of fused-ring (bicyclic) bond motifs is 1. The van der Waals surface area contributed by atoms with Gasteiger partial charge in [-0.05, 0) is 65.8 Å². The number of ether oxygens (including phenoxy) is 1. The minimum atomic E-state index is -3.14. The zero-order valence-corrected chi connectivity index (χ0v) is 18.1. The first-order valence-electron chi connectivity index (χ1n) is 10.6. The minimum Gasteiger partial charge on any atom is -0.432 e. The maximum atomic E-state index is 15.2. The van der Waals surface area contributed by atoms with E-state index in [0.717, 1.165) is 36.1 Å². The van der Waals surface area contributed by atoms with E-state index in [1.54, 1.807) is 24.3 Å². The molecule has 0 saturated carbocycles. The first kappa shape index (κ1) is 23.1. The summed E-state index contributed by atoms with van der Waals surface area (Å²) in [4.78, 5) is 0. The minimum absolute atomic E-state index is 0.158. The third kappa shape index (κ3) is 5.29. The zero-order valence-electron chi connectivity index (χ0n) is 18.1. The number of hydrogen-bond donors (Lipinski definition) is 0. The molecule has 0 radical (unpaired) electrons. The Kier molecular flexibility index (Phi) is 6.98. The van der Waals surface area contributed by atoms with Crippen LogP contribution in [0.3, 0.4) is 0 Å². The van der Waals surface area contributed by atoms with Crippen molar-refractivity contribution in [3.8, 4) is 28.7 Å². The van der Waals surface area contributed by atoms with Gasteiger partial charge < -0.3 is 4.74 Å². The normalized spacial score (nSPS) is 10.7.